The Morgan fingerprint density at radius 3 is 2.55 bits per heavy atom. The van der Waals surface area contributed by atoms with Gasteiger partial charge in [0.25, 0.3) is 0 Å². The summed E-state index contributed by atoms with van der Waals surface area (Å²) in [5, 5.41) is 12.4. The number of benzene rings is 1. The van der Waals surface area contributed by atoms with E-state index < -0.39 is 12.1 Å². The van der Waals surface area contributed by atoms with Gasteiger partial charge < -0.3 is 20.9 Å². The van der Waals surface area contributed by atoms with Gasteiger partial charge in [-0.3, -0.25) is 4.98 Å². The van der Waals surface area contributed by atoms with Gasteiger partial charge in [0.2, 0.25) is 0 Å². The highest BCUT2D eigenvalue weighted by Gasteiger charge is 2.38. The van der Waals surface area contributed by atoms with Gasteiger partial charge >= 0.3 is 18.1 Å². The number of carbonyl (C=O) groups excluding carboxylic acids is 1. The number of hydrogen-bond donors (Lipinski definition) is 3. The fourth-order valence-electron chi connectivity index (χ4n) is 2.42. The van der Waals surface area contributed by atoms with Gasteiger partial charge in [0.1, 0.15) is 4.88 Å². The Labute approximate surface area is 167 Å². The fraction of sp³-hybridized carbons (Fsp3) is 0.278. The minimum Gasteiger partial charge on any atom is -0.475 e. The van der Waals surface area contributed by atoms with Crippen LogP contribution in [0.2, 0.25) is 0 Å². The average Bonchev–Trinajstić information content (AvgIpc) is 3.04. The van der Waals surface area contributed by atoms with Crippen molar-refractivity contribution >= 4 is 50.0 Å². The maximum Gasteiger partial charge on any atom is 0.490 e. The standard InChI is InChI=1S/C16H17N3O2S.C2HF3O2/c1-9(17)8-19-14-13-10-4-3-7-18-11(10)5-6-12(13)22-15(14)16(20)21-2;3-2(4,5)1(6)7/h3-7,9,19H,8,17H2,1-2H3;(H,6,7)/t9-;/m1./s1. The SMILES string of the molecule is COC(=O)c1sc2ccc3ncccc3c2c1NC[C@@H](C)N.O=C(O)C(F)(F)F. The summed E-state index contributed by atoms with van der Waals surface area (Å²) in [6, 6.07) is 7.83. The number of alkyl halides is 3. The number of fused-ring (bicyclic) bond motifs is 3. The molecule has 11 heteroatoms. The smallest absolute Gasteiger partial charge is 0.475 e. The summed E-state index contributed by atoms with van der Waals surface area (Å²) in [6.45, 7) is 2.49. The summed E-state index contributed by atoms with van der Waals surface area (Å²) in [7, 11) is 1.39. The van der Waals surface area contributed by atoms with Gasteiger partial charge in [-0.1, -0.05) is 6.07 Å². The van der Waals surface area contributed by atoms with Crippen molar-refractivity contribution in [3.05, 3.63) is 35.3 Å². The topological polar surface area (TPSA) is 115 Å². The fourth-order valence-corrected chi connectivity index (χ4v) is 3.53. The third kappa shape index (κ3) is 5.33. The molecule has 1 aromatic carbocycles. The maximum atomic E-state index is 12.1. The van der Waals surface area contributed by atoms with E-state index in [9.17, 15) is 18.0 Å². The van der Waals surface area contributed by atoms with Gasteiger partial charge in [-0.05, 0) is 25.1 Å². The lowest BCUT2D eigenvalue weighted by Gasteiger charge is -2.11. The first-order chi connectivity index (χ1) is 13.6. The number of ether oxygens (including phenoxy) is 1. The molecule has 0 radical (unpaired) electrons. The molecule has 0 aliphatic rings. The number of carboxylic acid groups (broad SMARTS) is 1. The molecule has 4 N–H and O–H groups in total. The van der Waals surface area contributed by atoms with Crippen molar-refractivity contribution in [2.45, 2.75) is 19.1 Å². The predicted molar refractivity (Wildman–Crippen MR) is 104 cm³/mol. The van der Waals surface area contributed by atoms with Crippen molar-refractivity contribution < 1.29 is 32.6 Å². The number of esters is 1. The number of pyridine rings is 1. The number of methoxy groups -OCH3 is 1. The summed E-state index contributed by atoms with van der Waals surface area (Å²) in [5.41, 5.74) is 7.51. The molecule has 0 saturated carbocycles. The molecule has 0 bridgehead atoms. The Balaban J connectivity index is 0.000000370. The molecule has 7 nitrogen and oxygen atoms in total. The number of thiophene rings is 1. The highest BCUT2D eigenvalue weighted by Crippen LogP contribution is 2.40. The Kier molecular flexibility index (Phi) is 6.98. The van der Waals surface area contributed by atoms with E-state index in [0.29, 0.717) is 11.4 Å². The number of hydrogen-bond acceptors (Lipinski definition) is 7. The zero-order valence-corrected chi connectivity index (χ0v) is 16.2. The van der Waals surface area contributed by atoms with E-state index in [4.69, 9.17) is 20.4 Å². The Hall–Kier alpha value is -2.92. The number of rotatable bonds is 4. The number of nitrogens with zero attached hydrogens (tertiary/aromatic N) is 1. The van der Waals surface area contributed by atoms with Crippen LogP contribution in [0.1, 0.15) is 16.6 Å². The first kappa shape index (κ1) is 22.4. The molecule has 0 aliphatic carbocycles. The van der Waals surface area contributed by atoms with Crippen LogP contribution in [0.3, 0.4) is 0 Å². The number of halogens is 3. The van der Waals surface area contributed by atoms with E-state index in [1.807, 2.05) is 31.2 Å². The van der Waals surface area contributed by atoms with Crippen LogP contribution in [0.4, 0.5) is 18.9 Å². The van der Waals surface area contributed by atoms with Gasteiger partial charge in [0, 0.05) is 34.3 Å². The van der Waals surface area contributed by atoms with Crippen molar-refractivity contribution in [1.29, 1.82) is 0 Å². The monoisotopic (exact) mass is 429 g/mol. The van der Waals surface area contributed by atoms with Gasteiger partial charge in [-0.2, -0.15) is 13.2 Å². The summed E-state index contributed by atoms with van der Waals surface area (Å²) >= 11 is 1.42. The van der Waals surface area contributed by atoms with Crippen LogP contribution >= 0.6 is 11.3 Å². The van der Waals surface area contributed by atoms with Gasteiger partial charge in [-0.15, -0.1) is 11.3 Å². The Bertz CT molecular complexity index is 1030. The largest absolute Gasteiger partial charge is 0.490 e. The van der Waals surface area contributed by atoms with E-state index in [1.54, 1.807) is 6.20 Å². The maximum absolute atomic E-state index is 12.1. The zero-order valence-electron chi connectivity index (χ0n) is 15.4. The van der Waals surface area contributed by atoms with E-state index in [-0.39, 0.29) is 12.0 Å². The molecule has 3 rings (SSSR count). The average molecular weight is 429 g/mol. The molecule has 0 spiro atoms. The molecule has 2 heterocycles. The summed E-state index contributed by atoms with van der Waals surface area (Å²) in [5.74, 6) is -3.10. The second-order valence-corrected chi connectivity index (χ2v) is 7.02. The first-order valence-electron chi connectivity index (χ1n) is 8.24. The quantitative estimate of drug-likeness (QED) is 0.543. The third-order valence-electron chi connectivity index (χ3n) is 3.65. The number of carbonyl (C=O) groups is 2. The molecular weight excluding hydrogens is 411 g/mol. The molecular formula is C18H18F3N3O4S. The number of aliphatic carboxylic acids is 1. The number of aromatic nitrogens is 1. The van der Waals surface area contributed by atoms with Crippen LogP contribution < -0.4 is 11.1 Å². The van der Waals surface area contributed by atoms with Crippen molar-refractivity contribution in [3.8, 4) is 0 Å². The minimum absolute atomic E-state index is 0.0199. The molecule has 2 aromatic heterocycles. The van der Waals surface area contributed by atoms with Crippen LogP contribution in [0.25, 0.3) is 21.0 Å². The van der Waals surface area contributed by atoms with E-state index >= 15 is 0 Å². The lowest BCUT2D eigenvalue weighted by molar-refractivity contribution is -0.192. The minimum atomic E-state index is -5.08. The zero-order chi connectivity index (χ0) is 21.8. The predicted octanol–water partition coefficient (Wildman–Crippen LogP) is 3.63. The number of carboxylic acids is 1. The molecule has 3 aromatic rings. The number of nitrogens with two attached hydrogens (primary N) is 1. The van der Waals surface area contributed by atoms with Crippen molar-refractivity contribution in [2.24, 2.45) is 5.73 Å². The third-order valence-corrected chi connectivity index (χ3v) is 4.79. The molecule has 29 heavy (non-hydrogen) atoms. The molecule has 0 aliphatic heterocycles. The van der Waals surface area contributed by atoms with Crippen molar-refractivity contribution in [3.63, 3.8) is 0 Å². The molecule has 1 atom stereocenters. The highest BCUT2D eigenvalue weighted by atomic mass is 32.1. The lowest BCUT2D eigenvalue weighted by Crippen LogP contribution is -2.25. The van der Waals surface area contributed by atoms with Crippen LogP contribution in [0, 0.1) is 0 Å². The van der Waals surface area contributed by atoms with E-state index in [0.717, 1.165) is 26.7 Å². The second-order valence-electron chi connectivity index (χ2n) is 5.97. The second kappa shape index (κ2) is 9.05. The van der Waals surface area contributed by atoms with Crippen LogP contribution in [0.15, 0.2) is 30.5 Å². The molecule has 0 saturated heterocycles. The number of nitrogens with one attached hydrogen (secondary N) is 1. The highest BCUT2D eigenvalue weighted by molar-refractivity contribution is 7.21. The van der Waals surface area contributed by atoms with E-state index in [1.165, 1.54) is 18.4 Å². The van der Waals surface area contributed by atoms with Crippen LogP contribution in [-0.4, -0.2) is 47.9 Å². The lowest BCUT2D eigenvalue weighted by atomic mass is 10.1. The normalized spacial score (nSPS) is 12.2. The van der Waals surface area contributed by atoms with Crippen molar-refractivity contribution in [2.75, 3.05) is 19.0 Å². The summed E-state index contributed by atoms with van der Waals surface area (Å²) in [6.07, 6.45) is -3.32. The van der Waals surface area contributed by atoms with Gasteiger partial charge in [-0.25, -0.2) is 9.59 Å². The Morgan fingerprint density at radius 1 is 1.34 bits per heavy atom. The molecule has 0 fully saturated rings. The number of anilines is 1. The Morgan fingerprint density at radius 2 is 2.00 bits per heavy atom. The molecule has 0 amide bonds. The first-order valence-corrected chi connectivity index (χ1v) is 9.06. The van der Waals surface area contributed by atoms with E-state index in [2.05, 4.69) is 10.3 Å². The van der Waals surface area contributed by atoms with Crippen molar-refractivity contribution in [1.82, 2.24) is 4.98 Å². The van der Waals surface area contributed by atoms with Gasteiger partial charge in [0.05, 0.1) is 18.3 Å². The summed E-state index contributed by atoms with van der Waals surface area (Å²) < 4.78 is 37.7. The summed E-state index contributed by atoms with van der Waals surface area (Å²) in [4.78, 5) is 25.9. The molecule has 0 unspecified atom stereocenters. The van der Waals surface area contributed by atoms with Gasteiger partial charge in [0.15, 0.2) is 0 Å². The van der Waals surface area contributed by atoms with Crippen LogP contribution in [-0.2, 0) is 9.53 Å². The molecule has 156 valence electrons. The van der Waals surface area contributed by atoms with Crippen LogP contribution in [0.5, 0.6) is 0 Å².